The Labute approximate surface area is 101 Å². The van der Waals surface area contributed by atoms with Gasteiger partial charge in [0, 0.05) is 18.6 Å². The molecule has 2 unspecified atom stereocenters. The SMILES string of the molecule is CC1CC(CN)CN1C1CCCCCCC1. The first kappa shape index (κ1) is 12.4. The average molecular weight is 224 g/mol. The fraction of sp³-hybridized carbons (Fsp3) is 1.00. The highest BCUT2D eigenvalue weighted by Crippen LogP contribution is 2.30. The standard InChI is InChI=1S/C14H28N2/c1-12-9-13(10-15)11-16(12)14-7-5-3-2-4-6-8-14/h12-14H,2-11,15H2,1H3. The van der Waals surface area contributed by atoms with E-state index in [1.165, 1.54) is 57.9 Å². The lowest BCUT2D eigenvalue weighted by Gasteiger charge is -2.33. The third-order valence-electron chi connectivity index (χ3n) is 4.59. The maximum Gasteiger partial charge on any atom is 0.00982 e. The Hall–Kier alpha value is -0.0800. The van der Waals surface area contributed by atoms with Crippen LogP contribution in [-0.4, -0.2) is 30.1 Å². The average Bonchev–Trinajstić information content (AvgIpc) is 2.60. The monoisotopic (exact) mass is 224 g/mol. The van der Waals surface area contributed by atoms with E-state index in [1.54, 1.807) is 0 Å². The molecule has 0 aromatic carbocycles. The molecular weight excluding hydrogens is 196 g/mol. The predicted molar refractivity (Wildman–Crippen MR) is 69.4 cm³/mol. The Balaban J connectivity index is 1.89. The van der Waals surface area contributed by atoms with Crippen molar-refractivity contribution in [3.8, 4) is 0 Å². The Morgan fingerprint density at radius 3 is 2.25 bits per heavy atom. The highest BCUT2D eigenvalue weighted by molar-refractivity contribution is 4.87. The molecule has 94 valence electrons. The second-order valence-corrected chi connectivity index (χ2v) is 5.88. The molecule has 2 rings (SSSR count). The molecule has 1 aliphatic carbocycles. The van der Waals surface area contributed by atoms with Crippen molar-refractivity contribution < 1.29 is 0 Å². The molecule has 0 amide bonds. The number of nitrogens with zero attached hydrogens (tertiary/aromatic N) is 1. The van der Waals surface area contributed by atoms with Crippen molar-refractivity contribution in [3.63, 3.8) is 0 Å². The molecule has 2 N–H and O–H groups in total. The van der Waals surface area contributed by atoms with Crippen LogP contribution in [-0.2, 0) is 0 Å². The van der Waals surface area contributed by atoms with Gasteiger partial charge >= 0.3 is 0 Å². The summed E-state index contributed by atoms with van der Waals surface area (Å²) in [4.78, 5) is 2.77. The van der Waals surface area contributed by atoms with E-state index in [-0.39, 0.29) is 0 Å². The smallest absolute Gasteiger partial charge is 0.00982 e. The van der Waals surface area contributed by atoms with Gasteiger partial charge in [-0.2, -0.15) is 0 Å². The van der Waals surface area contributed by atoms with Gasteiger partial charge in [-0.3, -0.25) is 4.90 Å². The summed E-state index contributed by atoms with van der Waals surface area (Å²) in [5, 5.41) is 0. The van der Waals surface area contributed by atoms with Crippen molar-refractivity contribution in [3.05, 3.63) is 0 Å². The molecule has 2 aliphatic rings. The number of hydrogen-bond acceptors (Lipinski definition) is 2. The van der Waals surface area contributed by atoms with Crippen LogP contribution in [0.2, 0.25) is 0 Å². The molecule has 2 heteroatoms. The van der Waals surface area contributed by atoms with E-state index in [4.69, 9.17) is 5.73 Å². The molecule has 0 aromatic heterocycles. The predicted octanol–water partition coefficient (Wildman–Crippen LogP) is 2.77. The maximum absolute atomic E-state index is 5.82. The number of rotatable bonds is 2. The molecule has 1 saturated carbocycles. The summed E-state index contributed by atoms with van der Waals surface area (Å²) in [6.07, 6.45) is 11.5. The maximum atomic E-state index is 5.82. The molecule has 16 heavy (non-hydrogen) atoms. The van der Waals surface area contributed by atoms with E-state index in [2.05, 4.69) is 11.8 Å². The minimum Gasteiger partial charge on any atom is -0.330 e. The normalized spacial score (nSPS) is 34.9. The molecule has 2 atom stereocenters. The highest BCUT2D eigenvalue weighted by atomic mass is 15.2. The van der Waals surface area contributed by atoms with Crippen LogP contribution in [0.25, 0.3) is 0 Å². The van der Waals surface area contributed by atoms with Crippen LogP contribution in [0.15, 0.2) is 0 Å². The highest BCUT2D eigenvalue weighted by Gasteiger charge is 2.32. The van der Waals surface area contributed by atoms with Crippen molar-refractivity contribution in [2.45, 2.75) is 70.4 Å². The van der Waals surface area contributed by atoms with E-state index >= 15 is 0 Å². The van der Waals surface area contributed by atoms with E-state index in [1.807, 2.05) is 0 Å². The van der Waals surface area contributed by atoms with Crippen molar-refractivity contribution in [2.24, 2.45) is 11.7 Å². The molecule has 0 spiro atoms. The lowest BCUT2D eigenvalue weighted by molar-refractivity contribution is 0.157. The topological polar surface area (TPSA) is 29.3 Å². The molecule has 2 nitrogen and oxygen atoms in total. The Kier molecular flexibility index (Phi) is 4.66. The second-order valence-electron chi connectivity index (χ2n) is 5.88. The van der Waals surface area contributed by atoms with Gasteiger partial charge in [0.15, 0.2) is 0 Å². The minimum atomic E-state index is 0.764. The molecule has 0 radical (unpaired) electrons. The van der Waals surface area contributed by atoms with Gasteiger partial charge < -0.3 is 5.73 Å². The first-order chi connectivity index (χ1) is 7.81. The number of nitrogens with two attached hydrogens (primary N) is 1. The summed E-state index contributed by atoms with van der Waals surface area (Å²) < 4.78 is 0. The summed E-state index contributed by atoms with van der Waals surface area (Å²) in [7, 11) is 0. The van der Waals surface area contributed by atoms with E-state index in [0.717, 1.165) is 24.5 Å². The molecular formula is C14H28N2. The zero-order valence-corrected chi connectivity index (χ0v) is 10.8. The Bertz CT molecular complexity index is 197. The van der Waals surface area contributed by atoms with Crippen molar-refractivity contribution in [2.75, 3.05) is 13.1 Å². The largest absolute Gasteiger partial charge is 0.330 e. The molecule has 1 aliphatic heterocycles. The number of likely N-dealkylation sites (tertiary alicyclic amines) is 1. The van der Waals surface area contributed by atoms with Crippen molar-refractivity contribution in [1.82, 2.24) is 4.90 Å². The fourth-order valence-corrected chi connectivity index (χ4v) is 3.62. The van der Waals surface area contributed by atoms with E-state index < -0.39 is 0 Å². The lowest BCUT2D eigenvalue weighted by atomic mass is 9.95. The fourth-order valence-electron chi connectivity index (χ4n) is 3.62. The van der Waals surface area contributed by atoms with Crippen LogP contribution in [0.4, 0.5) is 0 Å². The summed E-state index contributed by atoms with van der Waals surface area (Å²) in [5.74, 6) is 0.764. The molecule has 0 bridgehead atoms. The zero-order valence-electron chi connectivity index (χ0n) is 10.8. The third-order valence-corrected chi connectivity index (χ3v) is 4.59. The summed E-state index contributed by atoms with van der Waals surface area (Å²) in [5.41, 5.74) is 5.82. The van der Waals surface area contributed by atoms with Gasteiger partial charge in [0.1, 0.15) is 0 Å². The van der Waals surface area contributed by atoms with Gasteiger partial charge in [0.05, 0.1) is 0 Å². The Morgan fingerprint density at radius 2 is 1.69 bits per heavy atom. The van der Waals surface area contributed by atoms with E-state index in [9.17, 15) is 0 Å². The van der Waals surface area contributed by atoms with E-state index in [0.29, 0.717) is 0 Å². The van der Waals surface area contributed by atoms with Crippen LogP contribution in [0, 0.1) is 5.92 Å². The molecule has 2 fully saturated rings. The van der Waals surface area contributed by atoms with Crippen LogP contribution in [0.3, 0.4) is 0 Å². The molecule has 0 aromatic rings. The second kappa shape index (κ2) is 6.02. The van der Waals surface area contributed by atoms with Gasteiger partial charge in [-0.15, -0.1) is 0 Å². The lowest BCUT2D eigenvalue weighted by Crippen LogP contribution is -2.38. The minimum absolute atomic E-state index is 0.764. The summed E-state index contributed by atoms with van der Waals surface area (Å²) >= 11 is 0. The van der Waals surface area contributed by atoms with Crippen LogP contribution < -0.4 is 5.73 Å². The van der Waals surface area contributed by atoms with Gasteiger partial charge in [-0.1, -0.05) is 32.1 Å². The van der Waals surface area contributed by atoms with Gasteiger partial charge in [-0.25, -0.2) is 0 Å². The van der Waals surface area contributed by atoms with Crippen LogP contribution in [0.5, 0.6) is 0 Å². The van der Waals surface area contributed by atoms with Crippen LogP contribution >= 0.6 is 0 Å². The van der Waals surface area contributed by atoms with Crippen molar-refractivity contribution in [1.29, 1.82) is 0 Å². The summed E-state index contributed by atoms with van der Waals surface area (Å²) in [6, 6.07) is 1.64. The first-order valence-electron chi connectivity index (χ1n) is 7.27. The van der Waals surface area contributed by atoms with Gasteiger partial charge in [-0.05, 0) is 38.6 Å². The van der Waals surface area contributed by atoms with Crippen LogP contribution in [0.1, 0.15) is 58.3 Å². The first-order valence-corrected chi connectivity index (χ1v) is 7.27. The van der Waals surface area contributed by atoms with Gasteiger partial charge in [0.25, 0.3) is 0 Å². The third kappa shape index (κ3) is 2.98. The van der Waals surface area contributed by atoms with Gasteiger partial charge in [0.2, 0.25) is 0 Å². The van der Waals surface area contributed by atoms with Crippen molar-refractivity contribution >= 4 is 0 Å². The summed E-state index contributed by atoms with van der Waals surface area (Å²) in [6.45, 7) is 4.55. The number of hydrogen-bond donors (Lipinski definition) is 1. The molecule has 1 heterocycles. The quantitative estimate of drug-likeness (QED) is 0.781. The zero-order chi connectivity index (χ0) is 11.4. The Morgan fingerprint density at radius 1 is 1.06 bits per heavy atom. The molecule has 1 saturated heterocycles.